The van der Waals surface area contributed by atoms with Crippen LogP contribution in [0.3, 0.4) is 0 Å². The predicted octanol–water partition coefficient (Wildman–Crippen LogP) is 3.52. The largest absolute Gasteiger partial charge is 0.507 e. The number of phenols is 1. The van der Waals surface area contributed by atoms with Crippen LogP contribution >= 0.6 is 11.3 Å². The lowest BCUT2D eigenvalue weighted by atomic mass is 9.97. The number of hydrogen-bond acceptors (Lipinski definition) is 7. The number of hydrogen-bond donors (Lipinski definition) is 2. The number of benzene rings is 1. The zero-order valence-electron chi connectivity index (χ0n) is 15.7. The maximum Gasteiger partial charge on any atom is 0.182 e. The minimum absolute atomic E-state index is 0.0880. The second kappa shape index (κ2) is 6.17. The third-order valence-corrected chi connectivity index (χ3v) is 7.05. The summed E-state index contributed by atoms with van der Waals surface area (Å²) in [5, 5.41) is 23.5. The Kier molecular flexibility index (Phi) is 3.67. The first kappa shape index (κ1) is 17.2. The van der Waals surface area contributed by atoms with Crippen LogP contribution in [-0.4, -0.2) is 48.1 Å². The summed E-state index contributed by atoms with van der Waals surface area (Å²) in [5.74, 6) is 0.106. The van der Waals surface area contributed by atoms with Crippen molar-refractivity contribution in [1.29, 1.82) is 0 Å². The van der Waals surface area contributed by atoms with Crippen LogP contribution in [0.1, 0.15) is 30.3 Å². The predicted molar refractivity (Wildman–Crippen MR) is 109 cm³/mol. The Hall–Kier alpha value is -2.65. The van der Waals surface area contributed by atoms with Gasteiger partial charge in [-0.3, -0.25) is 0 Å². The van der Waals surface area contributed by atoms with Crippen molar-refractivity contribution in [2.75, 3.05) is 0 Å². The summed E-state index contributed by atoms with van der Waals surface area (Å²) in [5.41, 5.74) is 3.12. The third-order valence-electron chi connectivity index (χ3n) is 6.12. The number of halogens is 1. The van der Waals surface area contributed by atoms with Gasteiger partial charge in [-0.2, -0.15) is 0 Å². The molecule has 0 saturated carbocycles. The van der Waals surface area contributed by atoms with Crippen molar-refractivity contribution in [3.05, 3.63) is 29.5 Å². The van der Waals surface area contributed by atoms with Crippen LogP contribution in [0.4, 0.5) is 4.39 Å². The van der Waals surface area contributed by atoms with Crippen molar-refractivity contribution in [3.8, 4) is 17.0 Å². The summed E-state index contributed by atoms with van der Waals surface area (Å²) in [4.78, 5) is 8.87. The number of aromatic nitrogens is 5. The Morgan fingerprint density at radius 2 is 2.10 bits per heavy atom. The van der Waals surface area contributed by atoms with Crippen molar-refractivity contribution in [2.24, 2.45) is 0 Å². The van der Waals surface area contributed by atoms with E-state index in [0.717, 1.165) is 34.5 Å². The molecule has 2 saturated heterocycles. The van der Waals surface area contributed by atoms with E-state index in [1.165, 1.54) is 0 Å². The molecule has 4 atom stereocenters. The SMILES string of the molecule is Cc1nc2cc(O)c(-c3cc4ncn([C@H]5C[C@@H]6CC[C@@H](N6)[C@H]5F)c4nn3)cc2s1. The van der Waals surface area contributed by atoms with Gasteiger partial charge < -0.3 is 15.0 Å². The number of rotatable bonds is 2. The monoisotopic (exact) mass is 410 g/mol. The molecule has 4 aromatic rings. The normalized spacial score (nSPS) is 26.6. The van der Waals surface area contributed by atoms with Gasteiger partial charge in [-0.1, -0.05) is 0 Å². The lowest BCUT2D eigenvalue weighted by molar-refractivity contribution is 0.140. The highest BCUT2D eigenvalue weighted by atomic mass is 32.1. The molecule has 1 aromatic carbocycles. The van der Waals surface area contributed by atoms with Crippen LogP contribution in [0.5, 0.6) is 5.75 Å². The maximum absolute atomic E-state index is 15.0. The lowest BCUT2D eigenvalue weighted by Crippen LogP contribution is -2.47. The number of nitrogens with zero attached hydrogens (tertiary/aromatic N) is 5. The molecule has 9 heteroatoms. The number of piperidine rings is 1. The van der Waals surface area contributed by atoms with E-state index in [2.05, 4.69) is 25.5 Å². The van der Waals surface area contributed by atoms with Crippen LogP contribution in [0.2, 0.25) is 0 Å². The number of aromatic hydroxyl groups is 1. The molecule has 148 valence electrons. The van der Waals surface area contributed by atoms with Crippen molar-refractivity contribution >= 4 is 32.7 Å². The van der Waals surface area contributed by atoms with Gasteiger partial charge in [-0.05, 0) is 38.3 Å². The maximum atomic E-state index is 15.0. The molecule has 2 N–H and O–H groups in total. The van der Waals surface area contributed by atoms with E-state index in [1.807, 2.05) is 17.6 Å². The van der Waals surface area contributed by atoms with Gasteiger partial charge in [0.2, 0.25) is 0 Å². The second-order valence-corrected chi connectivity index (χ2v) is 9.19. The Morgan fingerprint density at radius 1 is 1.21 bits per heavy atom. The molecule has 0 spiro atoms. The highest BCUT2D eigenvalue weighted by molar-refractivity contribution is 7.18. The van der Waals surface area contributed by atoms with E-state index < -0.39 is 6.17 Å². The zero-order valence-corrected chi connectivity index (χ0v) is 16.5. The first-order valence-electron chi connectivity index (χ1n) is 9.78. The highest BCUT2D eigenvalue weighted by Gasteiger charge is 2.43. The molecular weight excluding hydrogens is 391 g/mol. The molecule has 0 aliphatic carbocycles. The molecule has 0 unspecified atom stereocenters. The smallest absolute Gasteiger partial charge is 0.182 e. The average molecular weight is 410 g/mol. The van der Waals surface area contributed by atoms with Gasteiger partial charge >= 0.3 is 0 Å². The number of nitrogens with one attached hydrogen (secondary N) is 1. The molecule has 2 aliphatic rings. The summed E-state index contributed by atoms with van der Waals surface area (Å²) in [6.45, 7) is 1.94. The minimum Gasteiger partial charge on any atom is -0.507 e. The Bertz CT molecular complexity index is 1250. The number of fused-ring (bicyclic) bond motifs is 4. The fourth-order valence-electron chi connectivity index (χ4n) is 4.73. The van der Waals surface area contributed by atoms with E-state index in [1.54, 1.807) is 29.8 Å². The molecular formula is C20H19FN6OS. The Morgan fingerprint density at radius 3 is 3.00 bits per heavy atom. The van der Waals surface area contributed by atoms with Crippen molar-refractivity contribution < 1.29 is 9.50 Å². The summed E-state index contributed by atoms with van der Waals surface area (Å²) in [6, 6.07) is 5.32. The fraction of sp³-hybridized carbons (Fsp3) is 0.400. The van der Waals surface area contributed by atoms with E-state index in [0.29, 0.717) is 28.5 Å². The first-order chi connectivity index (χ1) is 14.1. The molecule has 2 bridgehead atoms. The lowest BCUT2D eigenvalue weighted by Gasteiger charge is -2.33. The molecule has 7 nitrogen and oxygen atoms in total. The summed E-state index contributed by atoms with van der Waals surface area (Å²) < 4.78 is 17.8. The minimum atomic E-state index is -0.964. The Balaban J connectivity index is 1.41. The van der Waals surface area contributed by atoms with E-state index in [9.17, 15) is 9.50 Å². The van der Waals surface area contributed by atoms with Crippen LogP contribution in [0.15, 0.2) is 24.5 Å². The van der Waals surface area contributed by atoms with Gasteiger partial charge in [0.25, 0.3) is 0 Å². The molecule has 0 amide bonds. The van der Waals surface area contributed by atoms with Gasteiger partial charge in [0.15, 0.2) is 5.65 Å². The van der Waals surface area contributed by atoms with Crippen LogP contribution in [-0.2, 0) is 0 Å². The van der Waals surface area contributed by atoms with Gasteiger partial charge in [0, 0.05) is 23.7 Å². The molecule has 2 aliphatic heterocycles. The molecule has 2 fully saturated rings. The van der Waals surface area contributed by atoms with E-state index in [-0.39, 0.29) is 17.8 Å². The zero-order chi connectivity index (χ0) is 19.7. The Labute approximate surface area is 169 Å². The number of thiazole rings is 1. The quantitative estimate of drug-likeness (QED) is 0.526. The standard InChI is InChI=1S/C20H19FN6OS/c1-9-23-14-7-17(28)11(5-18(14)29-9)13-6-15-20(26-25-13)27(8-22-15)16-4-10-2-3-12(24-10)19(16)21/h5-8,10,12,16,19,24,28H,2-4H2,1H3/t10-,12+,16-,19+/m0/s1. The van der Waals surface area contributed by atoms with Gasteiger partial charge in [0.1, 0.15) is 17.4 Å². The number of aryl methyl sites for hydroxylation is 1. The van der Waals surface area contributed by atoms with E-state index >= 15 is 0 Å². The highest BCUT2D eigenvalue weighted by Crippen LogP contribution is 2.38. The topological polar surface area (TPSA) is 88.8 Å². The van der Waals surface area contributed by atoms with Crippen LogP contribution in [0, 0.1) is 6.92 Å². The van der Waals surface area contributed by atoms with Crippen LogP contribution in [0.25, 0.3) is 32.6 Å². The first-order valence-corrected chi connectivity index (χ1v) is 10.6. The molecule has 0 radical (unpaired) electrons. The van der Waals surface area contributed by atoms with Crippen LogP contribution < -0.4 is 5.32 Å². The summed E-state index contributed by atoms with van der Waals surface area (Å²) in [7, 11) is 0. The van der Waals surface area contributed by atoms with Gasteiger partial charge in [0.05, 0.1) is 33.3 Å². The molecule has 29 heavy (non-hydrogen) atoms. The molecule has 6 rings (SSSR count). The second-order valence-electron chi connectivity index (χ2n) is 7.96. The third kappa shape index (κ3) is 2.64. The van der Waals surface area contributed by atoms with Crippen molar-refractivity contribution in [2.45, 2.75) is 50.5 Å². The van der Waals surface area contributed by atoms with E-state index in [4.69, 9.17) is 0 Å². The van der Waals surface area contributed by atoms with Crippen molar-refractivity contribution in [1.82, 2.24) is 30.0 Å². The number of alkyl halides is 1. The molecule has 5 heterocycles. The molecule has 3 aromatic heterocycles. The number of phenolic OH excluding ortho intramolecular Hbond substituents is 1. The summed E-state index contributed by atoms with van der Waals surface area (Å²) in [6.07, 6.45) is 3.33. The van der Waals surface area contributed by atoms with Gasteiger partial charge in [-0.25, -0.2) is 14.4 Å². The number of imidazole rings is 1. The average Bonchev–Trinajstić information content (AvgIpc) is 3.40. The van der Waals surface area contributed by atoms with Gasteiger partial charge in [-0.15, -0.1) is 21.5 Å². The van der Waals surface area contributed by atoms with Crippen molar-refractivity contribution in [3.63, 3.8) is 0 Å². The fourth-order valence-corrected chi connectivity index (χ4v) is 5.58. The summed E-state index contributed by atoms with van der Waals surface area (Å²) >= 11 is 1.56.